The van der Waals surface area contributed by atoms with Crippen LogP contribution in [0.25, 0.3) is 33.5 Å². The van der Waals surface area contributed by atoms with E-state index in [0.29, 0.717) is 27.8 Å². The van der Waals surface area contributed by atoms with Gasteiger partial charge >= 0.3 is 11.7 Å². The lowest BCUT2D eigenvalue weighted by atomic mass is 10.2. The summed E-state index contributed by atoms with van der Waals surface area (Å²) in [5, 5.41) is 17.2. The lowest BCUT2D eigenvalue weighted by Gasteiger charge is -2.13. The van der Waals surface area contributed by atoms with Gasteiger partial charge in [-0.1, -0.05) is 28.1 Å². The minimum absolute atomic E-state index is 0.110. The summed E-state index contributed by atoms with van der Waals surface area (Å²) in [4.78, 5) is 41.1. The van der Waals surface area contributed by atoms with Gasteiger partial charge < -0.3 is 13.9 Å². The van der Waals surface area contributed by atoms with Crippen molar-refractivity contribution in [2.45, 2.75) is 20.0 Å². The second-order valence-electron chi connectivity index (χ2n) is 8.60. The molecule has 0 aliphatic heterocycles. The highest BCUT2D eigenvalue weighted by atomic mass is 79.9. The van der Waals surface area contributed by atoms with Gasteiger partial charge in [0.1, 0.15) is 5.58 Å². The number of nitrogens with zero attached hydrogens (tertiary/aromatic N) is 4. The van der Waals surface area contributed by atoms with Crippen LogP contribution in [0.15, 0.2) is 85.5 Å². The van der Waals surface area contributed by atoms with E-state index >= 15 is 0 Å². The number of nitro benzene ring substituents is 1. The van der Waals surface area contributed by atoms with Gasteiger partial charge in [0.25, 0.3) is 5.56 Å². The van der Waals surface area contributed by atoms with Gasteiger partial charge in [-0.05, 0) is 62.4 Å². The molecule has 0 saturated heterocycles. The van der Waals surface area contributed by atoms with Crippen LogP contribution in [-0.4, -0.2) is 39.5 Å². The van der Waals surface area contributed by atoms with Crippen LogP contribution >= 0.6 is 15.9 Å². The van der Waals surface area contributed by atoms with Crippen LogP contribution < -0.4 is 10.3 Å². The Bertz CT molecular complexity index is 1860. The zero-order chi connectivity index (χ0) is 28.4. The Balaban J connectivity index is 1.57. The Morgan fingerprint density at radius 3 is 2.77 bits per heavy atom. The second-order valence-corrected chi connectivity index (χ2v) is 9.52. The number of fused-ring (bicyclic) bond motifs is 2. The van der Waals surface area contributed by atoms with Crippen molar-refractivity contribution in [3.8, 4) is 17.3 Å². The monoisotopic (exact) mass is 604 g/mol. The van der Waals surface area contributed by atoms with Crippen molar-refractivity contribution in [1.82, 2.24) is 9.66 Å². The van der Waals surface area contributed by atoms with Crippen molar-refractivity contribution < 1.29 is 23.6 Å². The van der Waals surface area contributed by atoms with Crippen molar-refractivity contribution in [3.05, 3.63) is 97.2 Å². The first kappa shape index (κ1) is 26.8. The molecule has 0 spiro atoms. The molecule has 11 nitrogen and oxygen atoms in total. The van der Waals surface area contributed by atoms with E-state index in [1.54, 1.807) is 43.3 Å². The van der Waals surface area contributed by atoms with Crippen molar-refractivity contribution in [2.75, 3.05) is 6.61 Å². The lowest BCUT2D eigenvalue weighted by Crippen LogP contribution is -2.26. The van der Waals surface area contributed by atoms with Gasteiger partial charge in [-0.3, -0.25) is 14.9 Å². The number of carbonyl (C=O) groups is 1. The van der Waals surface area contributed by atoms with Crippen molar-refractivity contribution in [1.29, 1.82) is 0 Å². The number of para-hydroxylation sites is 1. The number of benzene rings is 3. The molecule has 202 valence electrons. The van der Waals surface area contributed by atoms with Gasteiger partial charge in [0, 0.05) is 21.5 Å². The highest BCUT2D eigenvalue weighted by Gasteiger charge is 2.23. The summed E-state index contributed by atoms with van der Waals surface area (Å²) in [7, 11) is 0. The van der Waals surface area contributed by atoms with Crippen LogP contribution in [-0.2, 0) is 9.53 Å². The normalized spacial score (nSPS) is 12.2. The highest BCUT2D eigenvalue weighted by Crippen LogP contribution is 2.30. The number of hydrogen-bond acceptors (Lipinski definition) is 9. The van der Waals surface area contributed by atoms with Crippen LogP contribution in [0.2, 0.25) is 0 Å². The molecule has 0 bridgehead atoms. The molecular weight excluding hydrogens is 584 g/mol. The highest BCUT2D eigenvalue weighted by molar-refractivity contribution is 9.10. The topological polar surface area (TPSA) is 139 Å². The van der Waals surface area contributed by atoms with Gasteiger partial charge in [0.2, 0.25) is 5.82 Å². The molecule has 0 aliphatic rings. The third-order valence-electron chi connectivity index (χ3n) is 5.88. The summed E-state index contributed by atoms with van der Waals surface area (Å²) in [5.41, 5.74) is 0.536. The van der Waals surface area contributed by atoms with Crippen LogP contribution in [0.4, 0.5) is 5.69 Å². The fraction of sp³-hybridized carbons (Fsp3) is 0.143. The maximum atomic E-state index is 13.5. The summed E-state index contributed by atoms with van der Waals surface area (Å²) in [5.74, 6) is -0.279. The zero-order valence-corrected chi connectivity index (χ0v) is 22.8. The molecule has 0 unspecified atom stereocenters. The van der Waals surface area contributed by atoms with Gasteiger partial charge in [-0.25, -0.2) is 9.78 Å². The number of furan rings is 1. The second kappa shape index (κ2) is 11.1. The number of esters is 1. The molecular formula is C28H21BrN4O7. The summed E-state index contributed by atoms with van der Waals surface area (Å²) in [6.07, 6.45) is 0.249. The maximum absolute atomic E-state index is 13.5. The number of halogens is 1. The molecule has 1 atom stereocenters. The number of hydrogen-bond donors (Lipinski definition) is 0. The Labute approximate surface area is 234 Å². The molecule has 40 heavy (non-hydrogen) atoms. The molecule has 5 rings (SSSR count). The van der Waals surface area contributed by atoms with Crippen LogP contribution in [0.1, 0.15) is 19.4 Å². The van der Waals surface area contributed by atoms with Crippen molar-refractivity contribution in [3.63, 3.8) is 0 Å². The SMILES string of the molecule is CCOC(=O)[C@H](C)Oc1ccc(C=Nn2c(-c3cc4cc(Br)ccc4o3)nc3ccccc3c2=O)cc1[N+](=O)[O-]. The molecule has 0 aliphatic carbocycles. The number of ether oxygens (including phenoxy) is 2. The summed E-state index contributed by atoms with van der Waals surface area (Å²) >= 11 is 3.44. The molecule has 0 fully saturated rings. The smallest absolute Gasteiger partial charge is 0.347 e. The van der Waals surface area contributed by atoms with E-state index in [1.165, 1.54) is 31.3 Å². The Morgan fingerprint density at radius 2 is 2.00 bits per heavy atom. The largest absolute Gasteiger partial charge is 0.472 e. The van der Waals surface area contributed by atoms with Crippen molar-refractivity contribution in [2.24, 2.45) is 5.10 Å². The Kier molecular flexibility index (Phi) is 7.43. The fourth-order valence-corrected chi connectivity index (χ4v) is 4.37. The lowest BCUT2D eigenvalue weighted by molar-refractivity contribution is -0.386. The first-order valence-corrected chi connectivity index (χ1v) is 12.9. The average Bonchev–Trinajstić information content (AvgIpc) is 3.36. The number of rotatable bonds is 8. The maximum Gasteiger partial charge on any atom is 0.347 e. The van der Waals surface area contributed by atoms with Crippen LogP contribution in [0.3, 0.4) is 0 Å². The number of carbonyl (C=O) groups excluding carboxylic acids is 1. The molecule has 0 N–H and O–H groups in total. The van der Waals surface area contributed by atoms with Gasteiger partial charge in [0.15, 0.2) is 17.6 Å². The molecule has 0 saturated carbocycles. The van der Waals surface area contributed by atoms with Crippen LogP contribution in [0.5, 0.6) is 5.75 Å². The first-order chi connectivity index (χ1) is 19.2. The number of aromatic nitrogens is 2. The van der Waals surface area contributed by atoms with E-state index in [0.717, 1.165) is 14.5 Å². The first-order valence-electron chi connectivity index (χ1n) is 12.1. The van der Waals surface area contributed by atoms with Gasteiger partial charge in [-0.15, -0.1) is 0 Å². The molecule has 2 heterocycles. The Morgan fingerprint density at radius 1 is 1.20 bits per heavy atom. The van der Waals surface area contributed by atoms with Crippen LogP contribution in [0, 0.1) is 10.1 Å². The minimum atomic E-state index is -1.05. The molecule has 0 radical (unpaired) electrons. The third-order valence-corrected chi connectivity index (χ3v) is 6.37. The van der Waals surface area contributed by atoms with E-state index in [2.05, 4.69) is 26.0 Å². The predicted octanol–water partition coefficient (Wildman–Crippen LogP) is 5.69. The molecule has 12 heteroatoms. The van der Waals surface area contributed by atoms with E-state index in [1.807, 2.05) is 12.1 Å². The third kappa shape index (κ3) is 5.34. The summed E-state index contributed by atoms with van der Waals surface area (Å²) < 4.78 is 18.3. The van der Waals surface area contributed by atoms with E-state index < -0.39 is 22.6 Å². The van der Waals surface area contributed by atoms with Gasteiger partial charge in [0.05, 0.1) is 28.6 Å². The predicted molar refractivity (Wildman–Crippen MR) is 152 cm³/mol. The summed E-state index contributed by atoms with van der Waals surface area (Å²) in [6, 6.07) is 18.2. The standard InChI is InChI=1S/C28H21BrN4O7/c1-3-38-28(35)16(2)39-24-10-8-17(12-22(24)33(36)37)15-30-32-26(31-21-7-5-4-6-20(21)27(32)34)25-14-18-13-19(29)9-11-23(18)40-25/h4-16H,3H2,1-2H3/t16-/m0/s1. The van der Waals surface area contributed by atoms with E-state index in [9.17, 15) is 19.7 Å². The molecule has 2 aromatic heterocycles. The molecule has 5 aromatic rings. The zero-order valence-electron chi connectivity index (χ0n) is 21.2. The Hall–Kier alpha value is -4.84. The van der Waals surface area contributed by atoms with E-state index in [4.69, 9.17) is 13.9 Å². The number of nitro groups is 1. The minimum Gasteiger partial charge on any atom is -0.472 e. The van der Waals surface area contributed by atoms with E-state index in [-0.39, 0.29) is 23.9 Å². The molecule has 0 amide bonds. The van der Waals surface area contributed by atoms with Crippen molar-refractivity contribution >= 4 is 55.7 Å². The summed E-state index contributed by atoms with van der Waals surface area (Å²) in [6.45, 7) is 3.24. The quantitative estimate of drug-likeness (QED) is 0.0951. The molecule has 3 aromatic carbocycles. The average molecular weight is 605 g/mol. The fourth-order valence-electron chi connectivity index (χ4n) is 3.99. The van der Waals surface area contributed by atoms with Gasteiger partial charge in [-0.2, -0.15) is 9.78 Å².